The maximum atomic E-state index is 4.70. The highest BCUT2D eigenvalue weighted by molar-refractivity contribution is 5.32. The van der Waals surface area contributed by atoms with E-state index in [0.29, 0.717) is 0 Å². The van der Waals surface area contributed by atoms with E-state index in [1.165, 1.54) is 5.22 Å². The zero-order valence-electron chi connectivity index (χ0n) is 9.74. The molecule has 0 N–H and O–H groups in total. The number of fused-ring (bicyclic) bond motifs is 1. The summed E-state index contributed by atoms with van der Waals surface area (Å²) >= 11 is 0. The summed E-state index contributed by atoms with van der Waals surface area (Å²) in [6.45, 7) is 6.19. The van der Waals surface area contributed by atoms with Gasteiger partial charge >= 0.3 is 0 Å². The fourth-order valence-electron chi connectivity index (χ4n) is 1.80. The summed E-state index contributed by atoms with van der Waals surface area (Å²) in [5.74, 6) is 0. The molecule has 0 aliphatic carbocycles. The Morgan fingerprint density at radius 1 is 1.25 bits per heavy atom. The van der Waals surface area contributed by atoms with Crippen molar-refractivity contribution in [1.29, 1.82) is 0 Å². The van der Waals surface area contributed by atoms with Gasteiger partial charge in [0.05, 0.1) is 11.1 Å². The van der Waals surface area contributed by atoms with Crippen LogP contribution in [0.5, 0.6) is 0 Å². The van der Waals surface area contributed by atoms with Crippen molar-refractivity contribution in [2.45, 2.75) is 26.2 Å². The number of allylic oxidation sites excluding steroid dienone is 2. The predicted octanol–water partition coefficient (Wildman–Crippen LogP) is 2.73. The smallest absolute Gasteiger partial charge is 0.0706 e. The zero-order chi connectivity index (χ0) is 11.4. The first-order valence-corrected chi connectivity index (χ1v) is 5.83. The molecule has 0 fully saturated rings. The quantitative estimate of drug-likeness (QED) is 0.713. The first-order valence-electron chi connectivity index (χ1n) is 5.83. The molecule has 2 rings (SSSR count). The number of benzene rings is 1. The largest absolute Gasteiger partial charge is 0.249 e. The van der Waals surface area contributed by atoms with Crippen LogP contribution in [0.2, 0.25) is 0 Å². The van der Waals surface area contributed by atoms with E-state index in [1.54, 1.807) is 0 Å². The summed E-state index contributed by atoms with van der Waals surface area (Å²) < 4.78 is 0. The molecule has 1 aromatic carbocycles. The molecule has 1 aromatic rings. The number of rotatable bonds is 2. The van der Waals surface area contributed by atoms with E-state index >= 15 is 0 Å². The first kappa shape index (κ1) is 10.9. The highest BCUT2D eigenvalue weighted by atomic mass is 14.7. The lowest BCUT2D eigenvalue weighted by atomic mass is 10.1. The maximum absolute atomic E-state index is 4.70. The third-order valence-electron chi connectivity index (χ3n) is 2.84. The highest BCUT2D eigenvalue weighted by Crippen LogP contribution is 2.14. The monoisotopic (exact) mass is 211 g/mol. The van der Waals surface area contributed by atoms with Gasteiger partial charge in [0.25, 0.3) is 0 Å². The molecule has 16 heavy (non-hydrogen) atoms. The van der Waals surface area contributed by atoms with Crippen LogP contribution in [0.4, 0.5) is 0 Å². The van der Waals surface area contributed by atoms with Gasteiger partial charge in [0.1, 0.15) is 0 Å². The van der Waals surface area contributed by atoms with Gasteiger partial charge in [-0.2, -0.15) is 0 Å². The molecule has 0 saturated heterocycles. The molecule has 0 radical (unpaired) electrons. The van der Waals surface area contributed by atoms with Gasteiger partial charge in [-0.05, 0) is 36.1 Å². The van der Waals surface area contributed by atoms with Crippen LogP contribution in [0.1, 0.15) is 26.2 Å². The van der Waals surface area contributed by atoms with Crippen molar-refractivity contribution in [3.8, 4) is 0 Å². The Balaban J connectivity index is 2.58. The molecule has 0 bridgehead atoms. The Morgan fingerprint density at radius 3 is 2.81 bits per heavy atom. The van der Waals surface area contributed by atoms with Gasteiger partial charge < -0.3 is 0 Å². The van der Waals surface area contributed by atoms with Crippen LogP contribution in [-0.2, 0) is 0 Å². The van der Waals surface area contributed by atoms with Crippen LogP contribution in [0.25, 0.3) is 6.08 Å². The minimum absolute atomic E-state index is 0.960. The molecular weight excluding hydrogens is 194 g/mol. The van der Waals surface area contributed by atoms with Crippen LogP contribution in [-0.4, -0.2) is 0 Å². The highest BCUT2D eigenvalue weighted by Gasteiger charge is 2.00. The molecule has 1 aliphatic rings. The first-order chi connectivity index (χ1) is 7.81. The van der Waals surface area contributed by atoms with Gasteiger partial charge in [-0.1, -0.05) is 43.9 Å². The molecule has 1 aliphatic heterocycles. The van der Waals surface area contributed by atoms with Gasteiger partial charge in [-0.3, -0.25) is 0 Å². The van der Waals surface area contributed by atoms with E-state index in [0.717, 1.165) is 35.9 Å². The lowest BCUT2D eigenvalue weighted by molar-refractivity contribution is 1.01. The summed E-state index contributed by atoms with van der Waals surface area (Å²) in [4.78, 5) is 4.70. The van der Waals surface area contributed by atoms with Gasteiger partial charge in [0, 0.05) is 0 Å². The van der Waals surface area contributed by atoms with Crippen molar-refractivity contribution in [2.24, 2.45) is 4.99 Å². The second-order valence-electron chi connectivity index (χ2n) is 4.00. The Bertz CT molecular complexity index is 535. The predicted molar refractivity (Wildman–Crippen MR) is 68.4 cm³/mol. The maximum Gasteiger partial charge on any atom is 0.0706 e. The van der Waals surface area contributed by atoms with Gasteiger partial charge in [0.2, 0.25) is 0 Å². The third-order valence-corrected chi connectivity index (χ3v) is 2.84. The summed E-state index contributed by atoms with van der Waals surface area (Å²) in [7, 11) is 0. The fourth-order valence-corrected chi connectivity index (χ4v) is 1.80. The van der Waals surface area contributed by atoms with Gasteiger partial charge in [0.15, 0.2) is 0 Å². The molecule has 0 unspecified atom stereocenters. The molecule has 1 heterocycles. The number of para-hydroxylation sites is 1. The van der Waals surface area contributed by atoms with E-state index in [9.17, 15) is 0 Å². The molecule has 1 heteroatoms. The van der Waals surface area contributed by atoms with Gasteiger partial charge in [-0.25, -0.2) is 4.99 Å². The van der Waals surface area contributed by atoms with Crippen molar-refractivity contribution in [2.75, 3.05) is 0 Å². The number of hydrogen-bond acceptors (Lipinski definition) is 1. The average molecular weight is 211 g/mol. The molecule has 0 atom stereocenters. The molecule has 0 saturated carbocycles. The SMILES string of the molecule is C=C(CC)C1=C/CC/C=c2/cccc/c2=N\1. The Hall–Kier alpha value is -1.63. The van der Waals surface area contributed by atoms with Crippen molar-refractivity contribution < 1.29 is 0 Å². The average Bonchev–Trinajstić information content (AvgIpc) is 2.29. The zero-order valence-corrected chi connectivity index (χ0v) is 9.74. The van der Waals surface area contributed by atoms with Crippen molar-refractivity contribution in [1.82, 2.24) is 0 Å². The third kappa shape index (κ3) is 2.30. The number of nitrogens with zero attached hydrogens (tertiary/aromatic N) is 1. The fraction of sp³-hybridized carbons (Fsp3) is 0.267. The molecule has 82 valence electrons. The van der Waals surface area contributed by atoms with E-state index in [2.05, 4.69) is 43.9 Å². The summed E-state index contributed by atoms with van der Waals surface area (Å²) in [5, 5.41) is 2.29. The van der Waals surface area contributed by atoms with Crippen LogP contribution < -0.4 is 10.6 Å². The summed E-state index contributed by atoms with van der Waals surface area (Å²) in [5.41, 5.74) is 2.18. The van der Waals surface area contributed by atoms with Crippen LogP contribution in [0, 0.1) is 0 Å². The van der Waals surface area contributed by atoms with Crippen LogP contribution in [0.15, 0.2) is 53.2 Å². The topological polar surface area (TPSA) is 12.4 Å². The summed E-state index contributed by atoms with van der Waals surface area (Å²) in [6, 6.07) is 8.28. The molecule has 0 spiro atoms. The normalized spacial score (nSPS) is 22.2. The Kier molecular flexibility index (Phi) is 3.35. The van der Waals surface area contributed by atoms with E-state index in [1.807, 2.05) is 6.07 Å². The van der Waals surface area contributed by atoms with E-state index < -0.39 is 0 Å². The lowest BCUT2D eigenvalue weighted by Crippen LogP contribution is -2.24. The molecule has 0 aromatic heterocycles. The molecular formula is C15H17N. The minimum Gasteiger partial charge on any atom is -0.249 e. The Labute approximate surface area is 96.5 Å². The lowest BCUT2D eigenvalue weighted by Gasteiger charge is -2.05. The standard InChI is InChI=1S/C15H17N/c1-3-12(2)14-10-6-4-8-13-9-5-7-11-15(13)16-14/h5,7-11H,2-4,6H2,1H3/b13-8-,14-10-,16-15+. The van der Waals surface area contributed by atoms with E-state index in [-0.39, 0.29) is 0 Å². The van der Waals surface area contributed by atoms with Crippen LogP contribution >= 0.6 is 0 Å². The van der Waals surface area contributed by atoms with Crippen molar-refractivity contribution in [3.63, 3.8) is 0 Å². The van der Waals surface area contributed by atoms with Crippen molar-refractivity contribution in [3.05, 3.63) is 58.8 Å². The second kappa shape index (κ2) is 4.93. The number of hydrogen-bond donors (Lipinski definition) is 0. The summed E-state index contributed by atoms with van der Waals surface area (Å²) in [6.07, 6.45) is 7.53. The van der Waals surface area contributed by atoms with E-state index in [4.69, 9.17) is 4.99 Å². The molecule has 1 nitrogen and oxygen atoms in total. The van der Waals surface area contributed by atoms with Crippen LogP contribution in [0.3, 0.4) is 0 Å². The van der Waals surface area contributed by atoms with Crippen molar-refractivity contribution >= 4 is 6.08 Å². The minimum atomic E-state index is 0.960. The van der Waals surface area contributed by atoms with Gasteiger partial charge in [-0.15, -0.1) is 0 Å². The second-order valence-corrected chi connectivity index (χ2v) is 4.00. The molecule has 0 amide bonds. The Morgan fingerprint density at radius 2 is 2.00 bits per heavy atom.